The molecule has 0 aliphatic heterocycles. The minimum Gasteiger partial charge on any atom is -0.759 e. The monoisotopic (exact) mass is 336 g/mol. The van der Waals surface area contributed by atoms with Crippen LogP contribution in [0.2, 0.25) is 0 Å². The van der Waals surface area contributed by atoms with Gasteiger partial charge in [0.25, 0.3) is 0 Å². The molecule has 15 heteroatoms. The van der Waals surface area contributed by atoms with Crippen LogP contribution in [0, 0.1) is 30.6 Å². The summed E-state index contributed by atoms with van der Waals surface area (Å²) in [6.07, 6.45) is 0. The fraction of sp³-hybridized carbons (Fsp3) is 0. The average Bonchev–Trinajstić information content (AvgIpc) is 1.50. The normalized spacial score (nSPS) is 7.07. The Kier molecular flexibility index (Phi) is 30.6. The van der Waals surface area contributed by atoms with Crippen molar-refractivity contribution in [2.75, 3.05) is 0 Å². The summed E-state index contributed by atoms with van der Waals surface area (Å²) in [7, 11) is -5.17. The van der Waals surface area contributed by atoms with Gasteiger partial charge in [0.1, 0.15) is 0 Å². The van der Waals surface area contributed by atoms with Crippen LogP contribution in [-0.2, 0) is 43.4 Å². The number of hydrogen-bond donors (Lipinski definition) is 0. The third-order valence-corrected chi connectivity index (χ3v) is 0. The first-order valence-electron chi connectivity index (χ1n) is 1.76. The van der Waals surface area contributed by atoms with Gasteiger partial charge in [0.2, 0.25) is 0 Å². The Morgan fingerprint density at radius 2 is 0.733 bits per heavy atom. The van der Waals surface area contributed by atoms with Crippen LogP contribution in [0.15, 0.2) is 0 Å². The summed E-state index contributed by atoms with van der Waals surface area (Å²) in [6.45, 7) is 0. The Labute approximate surface area is 102 Å². The van der Waals surface area contributed by atoms with Crippen molar-refractivity contribution >= 4 is 10.4 Å². The van der Waals surface area contributed by atoms with E-state index in [1.54, 1.807) is 0 Å². The largest absolute Gasteiger partial charge is 2.00 e. The van der Waals surface area contributed by atoms with Crippen LogP contribution >= 0.6 is 0 Å². The predicted molar refractivity (Wildman–Crippen MR) is 31.2 cm³/mol. The molecule has 0 saturated heterocycles. The maximum atomic E-state index is 8.52. The standard InChI is InChI=1S/2NO3.2Ni.H2O4S/c2*2-1(3)4;;;1-5(2,3)4/h;;;;(H2,1,2,3,4)/q2*-1;2*+2;/p-2. The number of hydrogen-bond acceptors (Lipinski definition) is 10. The maximum Gasteiger partial charge on any atom is 2.00 e. The summed E-state index contributed by atoms with van der Waals surface area (Å²) < 4.78 is 34.1. The third kappa shape index (κ3) is 3040. The molecule has 0 saturated carbocycles. The van der Waals surface area contributed by atoms with E-state index in [9.17, 15) is 0 Å². The van der Waals surface area contributed by atoms with Crippen molar-refractivity contribution in [3.63, 3.8) is 0 Å². The van der Waals surface area contributed by atoms with Crippen LogP contribution in [0.25, 0.3) is 0 Å². The molecule has 0 aliphatic carbocycles. The maximum absolute atomic E-state index is 8.52. The molecule has 0 radical (unpaired) electrons. The van der Waals surface area contributed by atoms with Gasteiger partial charge in [0, 0.05) is 10.4 Å². The van der Waals surface area contributed by atoms with E-state index >= 15 is 0 Å². The zero-order valence-electron chi connectivity index (χ0n) is 6.02. The zero-order valence-corrected chi connectivity index (χ0v) is 8.81. The molecule has 0 amide bonds. The molecule has 0 aromatic rings. The Balaban J connectivity index is -0.0000000315. The van der Waals surface area contributed by atoms with Crippen molar-refractivity contribution in [1.29, 1.82) is 0 Å². The second kappa shape index (κ2) is 15.7. The first kappa shape index (κ1) is 29.2. The molecule has 0 aromatic carbocycles. The van der Waals surface area contributed by atoms with Crippen LogP contribution in [0.4, 0.5) is 0 Å². The van der Waals surface area contributed by atoms with Gasteiger partial charge >= 0.3 is 33.0 Å². The van der Waals surface area contributed by atoms with E-state index in [0.29, 0.717) is 0 Å². The van der Waals surface area contributed by atoms with E-state index in [-0.39, 0.29) is 33.0 Å². The van der Waals surface area contributed by atoms with Gasteiger partial charge in [-0.2, -0.15) is 0 Å². The number of rotatable bonds is 0. The zero-order chi connectivity index (χ0) is 11.7. The van der Waals surface area contributed by atoms with Crippen LogP contribution in [0.1, 0.15) is 0 Å². The fourth-order valence-corrected chi connectivity index (χ4v) is 0. The quantitative estimate of drug-likeness (QED) is 0.158. The van der Waals surface area contributed by atoms with E-state index in [4.69, 9.17) is 48.2 Å². The first-order valence-corrected chi connectivity index (χ1v) is 3.10. The molecule has 0 rings (SSSR count). The van der Waals surface area contributed by atoms with Gasteiger partial charge in [-0.3, -0.25) is 8.42 Å². The van der Waals surface area contributed by atoms with Crippen molar-refractivity contribution in [2.45, 2.75) is 0 Å². The van der Waals surface area contributed by atoms with Crippen LogP contribution in [-0.4, -0.2) is 27.7 Å². The van der Waals surface area contributed by atoms with Gasteiger partial charge in [0.05, 0.1) is 10.2 Å². The van der Waals surface area contributed by atoms with E-state index in [1.807, 2.05) is 0 Å². The Morgan fingerprint density at radius 1 is 0.733 bits per heavy atom. The van der Waals surface area contributed by atoms with Crippen molar-refractivity contribution in [1.82, 2.24) is 0 Å². The average molecular weight is 337 g/mol. The summed E-state index contributed by atoms with van der Waals surface area (Å²) >= 11 is 0. The topological polar surface area (TPSA) is 213 Å². The minimum absolute atomic E-state index is 0. The molecule has 0 aliphatic rings. The fourth-order valence-electron chi connectivity index (χ4n) is 0. The van der Waals surface area contributed by atoms with Gasteiger partial charge < -0.3 is 39.7 Å². The van der Waals surface area contributed by atoms with Crippen molar-refractivity contribution < 1.29 is 60.7 Å². The molecule has 0 atom stereocenters. The van der Waals surface area contributed by atoms with E-state index in [2.05, 4.69) is 0 Å². The SMILES string of the molecule is O=S(=O)([O-])[O-].O=[N+]([O-])[O-].O=[N+]([O-])[O-].[Ni+2].[Ni+2]. The molecule has 0 aromatic heterocycles. The summed E-state index contributed by atoms with van der Waals surface area (Å²) in [5, 5.41) is 29.5. The Morgan fingerprint density at radius 3 is 0.733 bits per heavy atom. The van der Waals surface area contributed by atoms with Gasteiger partial charge in [0.15, 0.2) is 0 Å². The second-order valence-electron chi connectivity index (χ2n) is 0.855. The van der Waals surface area contributed by atoms with Crippen molar-refractivity contribution in [2.24, 2.45) is 0 Å². The van der Waals surface area contributed by atoms with Gasteiger partial charge in [-0.1, -0.05) is 0 Å². The molecule has 0 fully saturated rings. The molecule has 15 heavy (non-hydrogen) atoms. The van der Waals surface area contributed by atoms with Gasteiger partial charge in [-0.05, 0) is 0 Å². The van der Waals surface area contributed by atoms with Crippen LogP contribution < -0.4 is 0 Å². The minimum atomic E-state index is -5.17. The summed E-state index contributed by atoms with van der Waals surface area (Å²) in [5.41, 5.74) is 0. The molecule has 0 N–H and O–H groups in total. The molecule has 0 spiro atoms. The summed E-state index contributed by atoms with van der Waals surface area (Å²) in [4.78, 5) is 16.5. The van der Waals surface area contributed by atoms with Crippen molar-refractivity contribution in [3.8, 4) is 0 Å². The molecular weight excluding hydrogens is 337 g/mol. The van der Waals surface area contributed by atoms with Crippen LogP contribution in [0.3, 0.4) is 0 Å². The summed E-state index contributed by atoms with van der Waals surface area (Å²) in [5.74, 6) is 0. The molecule has 0 heterocycles. The second-order valence-corrected chi connectivity index (χ2v) is 1.67. The Hall–Kier alpha value is -0.743. The molecule has 12 nitrogen and oxygen atoms in total. The Bertz CT molecular complexity index is 216. The van der Waals surface area contributed by atoms with Gasteiger partial charge in [-0.15, -0.1) is 0 Å². The van der Waals surface area contributed by atoms with Crippen LogP contribution in [0.5, 0.6) is 0 Å². The first-order chi connectivity index (χ1) is 5.46. The molecule has 96 valence electrons. The van der Waals surface area contributed by atoms with Gasteiger partial charge in [-0.25, -0.2) is 0 Å². The van der Waals surface area contributed by atoms with E-state index in [1.165, 1.54) is 0 Å². The molecule has 0 bridgehead atoms. The predicted octanol–water partition coefficient (Wildman–Crippen LogP) is -1.82. The third-order valence-electron chi connectivity index (χ3n) is 0. The molecular formula is N2Ni2O10S. The molecule has 0 unspecified atom stereocenters. The van der Waals surface area contributed by atoms with Crippen molar-refractivity contribution in [3.05, 3.63) is 30.6 Å². The smallest absolute Gasteiger partial charge is 0.759 e. The van der Waals surface area contributed by atoms with E-state index < -0.39 is 20.6 Å². The van der Waals surface area contributed by atoms with E-state index in [0.717, 1.165) is 0 Å². The summed E-state index contributed by atoms with van der Waals surface area (Å²) in [6, 6.07) is 0. The number of nitrogens with zero attached hydrogens (tertiary/aromatic N) is 2.